The van der Waals surface area contributed by atoms with Crippen molar-refractivity contribution in [1.29, 1.82) is 0 Å². The molecule has 1 atom stereocenters. The monoisotopic (exact) mass is 385 g/mol. The molecule has 3 rings (SSSR count). The van der Waals surface area contributed by atoms with E-state index in [4.69, 9.17) is 4.36 Å². The molecule has 0 fully saturated rings. The molecule has 1 aliphatic heterocycles. The van der Waals surface area contributed by atoms with Gasteiger partial charge in [-0.3, -0.25) is 0 Å². The van der Waals surface area contributed by atoms with Gasteiger partial charge < -0.3 is 0 Å². The number of rotatable bonds is 3. The summed E-state index contributed by atoms with van der Waals surface area (Å²) < 4.78 is 20.4. The molecule has 2 nitrogen and oxygen atoms in total. The maximum absolute atomic E-state index is 14.4. The summed E-state index contributed by atoms with van der Waals surface area (Å²) >= 11 is 0. The molecular formula is C20H27NOSSi2. The van der Waals surface area contributed by atoms with Crippen LogP contribution in [0.15, 0.2) is 62.3 Å². The number of nitrogens with zero attached hydrogens (tertiary/aromatic N) is 1. The van der Waals surface area contributed by atoms with Crippen LogP contribution in [-0.2, 0) is 9.73 Å². The van der Waals surface area contributed by atoms with Crippen molar-refractivity contribution in [2.75, 3.05) is 0 Å². The van der Waals surface area contributed by atoms with E-state index < -0.39 is 25.9 Å². The molecule has 0 N–H and O–H groups in total. The molecule has 0 amide bonds. The molecule has 25 heavy (non-hydrogen) atoms. The Hall–Kier alpha value is -1.44. The number of hydrogen-bond acceptors (Lipinski definition) is 2. The van der Waals surface area contributed by atoms with Crippen LogP contribution in [0.3, 0.4) is 0 Å². The van der Waals surface area contributed by atoms with E-state index in [1.54, 1.807) is 0 Å². The molecule has 0 spiro atoms. The summed E-state index contributed by atoms with van der Waals surface area (Å²) in [4.78, 5) is 0.942. The highest BCUT2D eigenvalue weighted by Crippen LogP contribution is 2.39. The van der Waals surface area contributed by atoms with Crippen LogP contribution in [0, 0.1) is 0 Å². The van der Waals surface area contributed by atoms with Crippen molar-refractivity contribution >= 4 is 42.8 Å². The summed E-state index contributed by atoms with van der Waals surface area (Å²) in [5.74, 6) is 0. The molecule has 5 heteroatoms. The molecule has 1 unspecified atom stereocenters. The van der Waals surface area contributed by atoms with Gasteiger partial charge in [-0.2, -0.15) is 4.36 Å². The fourth-order valence-electron chi connectivity index (χ4n) is 3.23. The summed E-state index contributed by atoms with van der Waals surface area (Å²) in [6, 6.07) is 16.3. The standard InChI is InChI=1S/C20H27NOSSi2/c1-24(2,3)19-14-10-9-13-18(19)23(22)20(25(4,5)6)15-16-11-7-8-12-17(16)21-23/h7-15H,1-6H3. The SMILES string of the molecule is C[Si](C)(C)C1=Cc2ccccc2N=S1(=O)c1ccccc1[Si](C)(C)C. The van der Waals surface area contributed by atoms with Gasteiger partial charge in [-0.15, -0.1) is 0 Å². The van der Waals surface area contributed by atoms with Crippen LogP contribution in [-0.4, -0.2) is 20.4 Å². The second-order valence-corrected chi connectivity index (χ2v) is 21.2. The van der Waals surface area contributed by atoms with E-state index in [9.17, 15) is 4.21 Å². The van der Waals surface area contributed by atoms with Crippen LogP contribution in [0.5, 0.6) is 0 Å². The Balaban J connectivity index is 2.40. The second-order valence-electron chi connectivity index (χ2n) is 8.68. The van der Waals surface area contributed by atoms with Crippen molar-refractivity contribution in [3.63, 3.8) is 0 Å². The number of hydrogen-bond donors (Lipinski definition) is 0. The highest BCUT2D eigenvalue weighted by Gasteiger charge is 2.36. The Bertz CT molecular complexity index is 972. The Morgan fingerprint density at radius 1 is 0.800 bits per heavy atom. The van der Waals surface area contributed by atoms with Gasteiger partial charge in [-0.1, -0.05) is 75.7 Å². The lowest BCUT2D eigenvalue weighted by molar-refractivity contribution is 0.682. The van der Waals surface area contributed by atoms with Crippen molar-refractivity contribution < 1.29 is 4.21 Å². The first kappa shape index (κ1) is 18.4. The summed E-state index contributed by atoms with van der Waals surface area (Å²) in [7, 11) is -6.07. The molecule has 2 aromatic carbocycles. The third-order valence-corrected chi connectivity index (χ3v) is 13.1. The zero-order valence-electron chi connectivity index (χ0n) is 16.0. The van der Waals surface area contributed by atoms with E-state index in [-0.39, 0.29) is 0 Å². The van der Waals surface area contributed by atoms with Crippen molar-refractivity contribution in [1.82, 2.24) is 0 Å². The Morgan fingerprint density at radius 3 is 2.04 bits per heavy atom. The first-order valence-electron chi connectivity index (χ1n) is 8.71. The van der Waals surface area contributed by atoms with Crippen molar-refractivity contribution in [2.24, 2.45) is 4.36 Å². The van der Waals surface area contributed by atoms with Gasteiger partial charge in [0.05, 0.1) is 26.7 Å². The van der Waals surface area contributed by atoms with E-state index in [1.165, 1.54) is 5.19 Å². The molecule has 1 aliphatic rings. The first-order valence-corrected chi connectivity index (χ1v) is 17.2. The maximum Gasteiger partial charge on any atom is 0.101 e. The zero-order chi connectivity index (χ0) is 18.5. The van der Waals surface area contributed by atoms with Crippen LogP contribution < -0.4 is 5.19 Å². The predicted molar refractivity (Wildman–Crippen MR) is 116 cm³/mol. The lowest BCUT2D eigenvalue weighted by atomic mass is 10.2. The smallest absolute Gasteiger partial charge is 0.101 e. The van der Waals surface area contributed by atoms with E-state index in [2.05, 4.69) is 63.6 Å². The van der Waals surface area contributed by atoms with Crippen LogP contribution >= 0.6 is 0 Å². The molecule has 1 heterocycles. The summed E-state index contributed by atoms with van der Waals surface area (Å²) in [5, 5.41) is 1.26. The van der Waals surface area contributed by atoms with Crippen molar-refractivity contribution in [2.45, 2.75) is 44.2 Å². The molecule has 2 aromatic rings. The Labute approximate surface area is 154 Å². The van der Waals surface area contributed by atoms with Crippen molar-refractivity contribution in [3.05, 3.63) is 58.6 Å². The van der Waals surface area contributed by atoms with Gasteiger partial charge in [0.15, 0.2) is 0 Å². The fourth-order valence-corrected chi connectivity index (χ4v) is 12.1. The summed E-state index contributed by atoms with van der Waals surface area (Å²) in [6.07, 6.45) is 2.16. The molecule has 0 bridgehead atoms. The van der Waals surface area contributed by atoms with E-state index in [0.717, 1.165) is 20.7 Å². The molecule has 0 saturated carbocycles. The Kier molecular flexibility index (Phi) is 4.46. The topological polar surface area (TPSA) is 29.4 Å². The molecular weight excluding hydrogens is 358 g/mol. The van der Waals surface area contributed by atoms with Gasteiger partial charge in [-0.25, -0.2) is 4.21 Å². The lowest BCUT2D eigenvalue weighted by Crippen LogP contribution is -2.42. The minimum atomic E-state index is -2.61. The van der Waals surface area contributed by atoms with Gasteiger partial charge in [0, 0.05) is 10.1 Å². The minimum Gasteiger partial charge on any atom is -0.240 e. The largest absolute Gasteiger partial charge is 0.240 e. The minimum absolute atomic E-state index is 0.847. The van der Waals surface area contributed by atoms with Crippen LogP contribution in [0.25, 0.3) is 6.08 Å². The van der Waals surface area contributed by atoms with E-state index >= 15 is 0 Å². The number of benzene rings is 2. The van der Waals surface area contributed by atoms with Crippen LogP contribution in [0.4, 0.5) is 5.69 Å². The van der Waals surface area contributed by atoms with E-state index in [0.29, 0.717) is 0 Å². The quantitative estimate of drug-likeness (QED) is 0.630. The molecule has 0 saturated heterocycles. The summed E-state index contributed by atoms with van der Waals surface area (Å²) in [5.41, 5.74) is 1.93. The average Bonchev–Trinajstić information content (AvgIpc) is 2.52. The third kappa shape index (κ3) is 3.33. The molecule has 0 aliphatic carbocycles. The van der Waals surface area contributed by atoms with Crippen molar-refractivity contribution in [3.8, 4) is 0 Å². The van der Waals surface area contributed by atoms with Crippen LogP contribution in [0.2, 0.25) is 39.3 Å². The maximum atomic E-state index is 14.4. The van der Waals surface area contributed by atoms with Gasteiger partial charge >= 0.3 is 0 Å². The molecule has 132 valence electrons. The van der Waals surface area contributed by atoms with Gasteiger partial charge in [0.25, 0.3) is 0 Å². The van der Waals surface area contributed by atoms with Gasteiger partial charge in [-0.05, 0) is 23.4 Å². The first-order chi connectivity index (χ1) is 11.5. The lowest BCUT2D eigenvalue weighted by Gasteiger charge is -2.30. The molecule has 0 aromatic heterocycles. The highest BCUT2D eigenvalue weighted by atomic mass is 32.2. The van der Waals surface area contributed by atoms with Gasteiger partial charge in [0.2, 0.25) is 0 Å². The third-order valence-electron chi connectivity index (χ3n) is 4.48. The fraction of sp³-hybridized carbons (Fsp3) is 0.300. The normalized spacial score (nSPS) is 20.5. The Morgan fingerprint density at radius 2 is 1.40 bits per heavy atom. The molecule has 0 radical (unpaired) electrons. The summed E-state index contributed by atoms with van der Waals surface area (Å²) in [6.45, 7) is 13.7. The average molecular weight is 386 g/mol. The predicted octanol–water partition coefficient (Wildman–Crippen LogP) is 5.62. The van der Waals surface area contributed by atoms with E-state index in [1.807, 2.05) is 30.3 Å². The number of fused-ring (bicyclic) bond motifs is 1. The second kappa shape index (κ2) is 6.07. The highest BCUT2D eigenvalue weighted by molar-refractivity contribution is 8.00. The van der Waals surface area contributed by atoms with Gasteiger partial charge in [0.1, 0.15) is 9.73 Å². The zero-order valence-corrected chi connectivity index (χ0v) is 18.8. The van der Waals surface area contributed by atoms with Crippen LogP contribution in [0.1, 0.15) is 5.56 Å².